The molecule has 5 N–H and O–H groups in total. The fourth-order valence-corrected chi connectivity index (χ4v) is 7.21. The molecule has 0 radical (unpaired) electrons. The van der Waals surface area contributed by atoms with Crippen LogP contribution in [0.5, 0.6) is 0 Å². The lowest BCUT2D eigenvalue weighted by Crippen LogP contribution is -2.46. The Bertz CT molecular complexity index is 1300. The minimum atomic E-state index is -4.37. The Morgan fingerprint density at radius 1 is 1.26 bits per heavy atom. The van der Waals surface area contributed by atoms with Crippen LogP contribution in [0.3, 0.4) is 0 Å². The first-order chi connectivity index (χ1) is 20.4. The van der Waals surface area contributed by atoms with Crippen LogP contribution in [0.15, 0.2) is 56.8 Å². The molecule has 0 aromatic rings. The number of sulfone groups is 1. The van der Waals surface area contributed by atoms with Crippen LogP contribution in [0.1, 0.15) is 65.7 Å². The fraction of sp³-hybridized carbons (Fsp3) is 0.621. The summed E-state index contributed by atoms with van der Waals surface area (Å²) < 4.78 is 64.8. The molecule has 2 amide bonds. The van der Waals surface area contributed by atoms with Gasteiger partial charge >= 0.3 is 12.2 Å². The van der Waals surface area contributed by atoms with Crippen LogP contribution in [0.25, 0.3) is 0 Å². The van der Waals surface area contributed by atoms with Gasteiger partial charge < -0.3 is 26.4 Å². The predicted molar refractivity (Wildman–Crippen MR) is 163 cm³/mol. The quantitative estimate of drug-likeness (QED) is 0.113. The van der Waals surface area contributed by atoms with Crippen LogP contribution >= 0.6 is 0 Å². The van der Waals surface area contributed by atoms with E-state index >= 15 is 0 Å². The van der Waals surface area contributed by atoms with E-state index in [4.69, 9.17) is 4.99 Å². The topological polar surface area (TPSA) is 144 Å². The number of nitrogens with one attached hydrogen (secondary N) is 4. The number of carbonyl (C=O) groups excluding carboxylic acids is 1. The van der Waals surface area contributed by atoms with Crippen LogP contribution in [0.4, 0.5) is 18.0 Å². The summed E-state index contributed by atoms with van der Waals surface area (Å²) in [6, 6.07) is -0.505. The average Bonchev–Trinajstić information content (AvgIpc) is 3.79. The van der Waals surface area contributed by atoms with Gasteiger partial charge in [0.25, 0.3) is 0 Å². The molecule has 1 heterocycles. The SMILES string of the molecule is CC/N=C\C[C@H](C)S(=O)(=O)C1(C2=CC(NCCO)=NC(C3=CC=C(NC(=O)NCC/C=C(\CC)C(F)(F)F)CC3)N2)CC1. The van der Waals surface area contributed by atoms with E-state index < -0.39 is 43.8 Å². The maximum absolute atomic E-state index is 13.7. The number of carbonyl (C=O) groups is 1. The van der Waals surface area contributed by atoms with Gasteiger partial charge in [0, 0.05) is 42.7 Å². The number of aliphatic hydroxyl groups excluding tert-OH is 1. The Labute approximate surface area is 251 Å². The zero-order chi connectivity index (χ0) is 31.7. The van der Waals surface area contributed by atoms with Gasteiger partial charge in [0.05, 0.1) is 11.9 Å². The van der Waals surface area contributed by atoms with Crippen LogP contribution in [-0.4, -0.2) is 80.2 Å². The normalized spacial score (nSPS) is 21.2. The van der Waals surface area contributed by atoms with Crippen molar-refractivity contribution >= 4 is 27.9 Å². The van der Waals surface area contributed by atoms with Gasteiger partial charge in [-0.2, -0.15) is 13.2 Å². The van der Waals surface area contributed by atoms with Crippen molar-refractivity contribution in [2.24, 2.45) is 9.98 Å². The lowest BCUT2D eigenvalue weighted by atomic mass is 9.99. The van der Waals surface area contributed by atoms with E-state index in [9.17, 15) is 31.5 Å². The van der Waals surface area contributed by atoms with E-state index in [0.29, 0.717) is 55.9 Å². The number of amidine groups is 1. The number of aliphatic imine (C=N–C) groups is 2. The number of amides is 2. The van der Waals surface area contributed by atoms with E-state index in [-0.39, 0.29) is 32.5 Å². The van der Waals surface area contributed by atoms with E-state index in [1.807, 2.05) is 13.0 Å². The van der Waals surface area contributed by atoms with Gasteiger partial charge in [-0.3, -0.25) is 4.99 Å². The molecular weight excluding hydrogens is 585 g/mol. The van der Waals surface area contributed by atoms with Gasteiger partial charge in [-0.15, -0.1) is 0 Å². The zero-order valence-electron chi connectivity index (χ0n) is 24.9. The van der Waals surface area contributed by atoms with Gasteiger partial charge in [0.1, 0.15) is 16.7 Å². The lowest BCUT2D eigenvalue weighted by molar-refractivity contribution is -0.0937. The number of urea groups is 1. The number of aliphatic hydroxyl groups is 1. The third-order valence-corrected chi connectivity index (χ3v) is 10.6. The number of halogens is 3. The molecule has 240 valence electrons. The van der Waals surface area contributed by atoms with Gasteiger partial charge in [0.15, 0.2) is 9.84 Å². The number of hydrogen-bond donors (Lipinski definition) is 5. The molecular formula is C29H43F3N6O4S. The third-order valence-electron chi connectivity index (χ3n) is 7.65. The van der Waals surface area contributed by atoms with Crippen LogP contribution in [-0.2, 0) is 9.84 Å². The molecule has 14 heteroatoms. The number of alkyl halides is 3. The number of nitrogens with zero attached hydrogens (tertiary/aromatic N) is 2. The van der Waals surface area contributed by atoms with E-state index in [0.717, 1.165) is 11.6 Å². The molecule has 1 fully saturated rings. The Morgan fingerprint density at radius 3 is 2.58 bits per heavy atom. The van der Waals surface area contributed by atoms with Crippen molar-refractivity contribution in [3.8, 4) is 0 Å². The van der Waals surface area contributed by atoms with Crippen LogP contribution in [0.2, 0.25) is 0 Å². The largest absolute Gasteiger partial charge is 0.412 e. The summed E-state index contributed by atoms with van der Waals surface area (Å²) in [6.07, 6.45) is 5.42. The summed E-state index contributed by atoms with van der Waals surface area (Å²) in [5.41, 5.74) is 1.49. The molecule has 0 spiro atoms. The third kappa shape index (κ3) is 8.94. The second-order valence-electron chi connectivity index (χ2n) is 10.7. The van der Waals surface area contributed by atoms with E-state index in [1.54, 1.807) is 25.3 Å². The molecule has 2 atom stereocenters. The molecule has 3 aliphatic rings. The van der Waals surface area contributed by atoms with Crippen molar-refractivity contribution in [2.45, 2.75) is 88.1 Å². The summed E-state index contributed by atoms with van der Waals surface area (Å²) in [4.78, 5) is 21.1. The van der Waals surface area contributed by atoms with E-state index in [1.165, 1.54) is 6.92 Å². The minimum absolute atomic E-state index is 0.0634. The van der Waals surface area contributed by atoms with Gasteiger partial charge in [-0.25, -0.2) is 18.2 Å². The maximum atomic E-state index is 13.7. The molecule has 0 saturated heterocycles. The summed E-state index contributed by atoms with van der Waals surface area (Å²) >= 11 is 0. The molecule has 0 aromatic heterocycles. The smallest absolute Gasteiger partial charge is 0.395 e. The van der Waals surface area contributed by atoms with Gasteiger partial charge in [0.2, 0.25) is 0 Å². The molecule has 3 rings (SSSR count). The van der Waals surface area contributed by atoms with E-state index in [2.05, 4.69) is 26.3 Å². The zero-order valence-corrected chi connectivity index (χ0v) is 25.7. The minimum Gasteiger partial charge on any atom is -0.395 e. The molecule has 0 bridgehead atoms. The average molecular weight is 629 g/mol. The highest BCUT2D eigenvalue weighted by Gasteiger charge is 2.59. The predicted octanol–water partition coefficient (Wildman–Crippen LogP) is 3.79. The van der Waals surface area contributed by atoms with Crippen molar-refractivity contribution < 1.29 is 31.5 Å². The summed E-state index contributed by atoms with van der Waals surface area (Å²) in [5, 5.41) is 20.4. The first-order valence-electron chi connectivity index (χ1n) is 14.7. The number of hydrogen-bond acceptors (Lipinski definition) is 8. The standard InChI is InChI=1S/C29H43F3N6O4S/c1-4-22(29(30,31)32)7-6-15-35-27(40)36-23-10-8-21(9-11-23)26-37-24(19-25(38-26)34-17-18-39)28(13-14-28)43(41,42)20(3)12-16-33-5-2/h7-8,10,16,19-20,26,37,39H,4-6,9,11-15,17-18H2,1-3H3,(H,34,38)(H2,35,36,40)/b22-7+,33-16-/t20-,26?/m0/s1. The molecule has 1 saturated carbocycles. The highest BCUT2D eigenvalue weighted by Crippen LogP contribution is 2.51. The number of rotatable bonds is 14. The molecule has 0 aromatic carbocycles. The first-order valence-corrected chi connectivity index (χ1v) is 16.3. The summed E-state index contributed by atoms with van der Waals surface area (Å²) in [7, 11) is -3.55. The number of allylic oxidation sites excluding steroid dienone is 4. The van der Waals surface area contributed by atoms with Gasteiger partial charge in [-0.05, 0) is 76.7 Å². The lowest BCUT2D eigenvalue weighted by Gasteiger charge is -2.32. The highest BCUT2D eigenvalue weighted by atomic mass is 32.2. The van der Waals surface area contributed by atoms with Crippen molar-refractivity contribution in [1.29, 1.82) is 0 Å². The summed E-state index contributed by atoms with van der Waals surface area (Å²) in [5.74, 6) is 0.480. The monoisotopic (exact) mass is 628 g/mol. The Morgan fingerprint density at radius 2 is 2.00 bits per heavy atom. The molecule has 10 nitrogen and oxygen atoms in total. The van der Waals surface area contributed by atoms with Crippen LogP contribution < -0.4 is 21.3 Å². The first kappa shape index (κ1) is 34.4. The Balaban J connectivity index is 1.68. The van der Waals surface area contributed by atoms with Crippen molar-refractivity contribution in [3.63, 3.8) is 0 Å². The second kappa shape index (κ2) is 15.0. The Hall–Kier alpha value is -3.13. The second-order valence-corrected chi connectivity index (χ2v) is 13.4. The van der Waals surface area contributed by atoms with Crippen molar-refractivity contribution in [1.82, 2.24) is 21.3 Å². The van der Waals surface area contributed by atoms with Crippen molar-refractivity contribution in [3.05, 3.63) is 46.8 Å². The molecule has 2 aliphatic carbocycles. The van der Waals surface area contributed by atoms with Gasteiger partial charge in [-0.1, -0.05) is 19.1 Å². The Kier molecular flexibility index (Phi) is 12.0. The summed E-state index contributed by atoms with van der Waals surface area (Å²) in [6.45, 7) is 5.84. The molecule has 1 aliphatic heterocycles. The fourth-order valence-electron chi connectivity index (χ4n) is 5.01. The molecule has 1 unspecified atom stereocenters. The maximum Gasteiger partial charge on any atom is 0.412 e. The van der Waals surface area contributed by atoms with Crippen LogP contribution in [0, 0.1) is 0 Å². The molecule has 43 heavy (non-hydrogen) atoms. The van der Waals surface area contributed by atoms with Crippen molar-refractivity contribution in [2.75, 3.05) is 26.2 Å². The highest BCUT2D eigenvalue weighted by molar-refractivity contribution is 7.93.